The molecule has 6 heteroatoms. The smallest absolute Gasteiger partial charge is 0.261 e. The van der Waals surface area contributed by atoms with Gasteiger partial charge in [0.25, 0.3) is 5.91 Å². The highest BCUT2D eigenvalue weighted by molar-refractivity contribution is 6.02. The molecule has 2 heterocycles. The monoisotopic (exact) mass is 364 g/mol. The highest BCUT2D eigenvalue weighted by Gasteiger charge is 2.18. The molecule has 1 amide bonds. The number of benzene rings is 1. The molecule has 1 aromatic heterocycles. The zero-order valence-electron chi connectivity index (χ0n) is 15.6. The molecule has 0 bridgehead atoms. The molecule has 6 nitrogen and oxygen atoms in total. The summed E-state index contributed by atoms with van der Waals surface area (Å²) >= 11 is 0. The number of hydrogen-bond donors (Lipinski definition) is 1. The van der Waals surface area contributed by atoms with E-state index in [2.05, 4.69) is 17.1 Å². The number of nitrogens with one attached hydrogen (secondary N) is 1. The van der Waals surface area contributed by atoms with Crippen molar-refractivity contribution >= 4 is 28.7 Å². The topological polar surface area (TPSA) is 78.2 Å². The second kappa shape index (κ2) is 9.15. The van der Waals surface area contributed by atoms with E-state index in [9.17, 15) is 10.1 Å². The SMILES string of the molecule is CCCCNC(=O)/C(C#N)=C/c1cc2ccccc2nc1N1CCOCC1. The van der Waals surface area contributed by atoms with Crippen molar-refractivity contribution in [1.29, 1.82) is 5.26 Å². The summed E-state index contributed by atoms with van der Waals surface area (Å²) < 4.78 is 5.44. The van der Waals surface area contributed by atoms with Crippen LogP contribution in [-0.2, 0) is 9.53 Å². The van der Waals surface area contributed by atoms with Crippen molar-refractivity contribution in [2.24, 2.45) is 0 Å². The molecule has 2 aromatic rings. The van der Waals surface area contributed by atoms with Gasteiger partial charge in [-0.1, -0.05) is 31.5 Å². The summed E-state index contributed by atoms with van der Waals surface area (Å²) in [5, 5.41) is 13.3. The van der Waals surface area contributed by atoms with Gasteiger partial charge in [-0.05, 0) is 24.6 Å². The van der Waals surface area contributed by atoms with Crippen molar-refractivity contribution in [3.63, 3.8) is 0 Å². The normalized spacial score (nSPS) is 14.8. The molecular weight excluding hydrogens is 340 g/mol. The largest absolute Gasteiger partial charge is 0.378 e. The number of fused-ring (bicyclic) bond motifs is 1. The Hall–Kier alpha value is -2.91. The summed E-state index contributed by atoms with van der Waals surface area (Å²) in [5.41, 5.74) is 1.76. The molecule has 0 unspecified atom stereocenters. The molecule has 27 heavy (non-hydrogen) atoms. The van der Waals surface area contributed by atoms with E-state index in [1.54, 1.807) is 6.08 Å². The minimum atomic E-state index is -0.341. The van der Waals surface area contributed by atoms with Gasteiger partial charge in [0, 0.05) is 30.6 Å². The fourth-order valence-corrected chi connectivity index (χ4v) is 3.03. The van der Waals surface area contributed by atoms with E-state index < -0.39 is 0 Å². The Morgan fingerprint density at radius 1 is 1.37 bits per heavy atom. The van der Waals surface area contributed by atoms with E-state index in [4.69, 9.17) is 9.72 Å². The predicted molar refractivity (Wildman–Crippen MR) is 106 cm³/mol. The van der Waals surface area contributed by atoms with Crippen LogP contribution < -0.4 is 10.2 Å². The average Bonchev–Trinajstić information content (AvgIpc) is 2.72. The van der Waals surface area contributed by atoms with Crippen LogP contribution in [0.1, 0.15) is 25.3 Å². The number of rotatable bonds is 6. The van der Waals surface area contributed by atoms with E-state index >= 15 is 0 Å². The first-order valence-electron chi connectivity index (χ1n) is 9.35. The van der Waals surface area contributed by atoms with Crippen molar-refractivity contribution in [3.8, 4) is 6.07 Å². The molecule has 1 aromatic carbocycles. The molecule has 3 rings (SSSR count). The van der Waals surface area contributed by atoms with Gasteiger partial charge in [-0.2, -0.15) is 5.26 Å². The quantitative estimate of drug-likeness (QED) is 0.484. The summed E-state index contributed by atoms with van der Waals surface area (Å²) in [6.45, 7) is 5.37. The van der Waals surface area contributed by atoms with Crippen LogP contribution in [0, 0.1) is 11.3 Å². The molecular formula is C21H24N4O2. The number of pyridine rings is 1. The van der Waals surface area contributed by atoms with Crippen LogP contribution in [0.25, 0.3) is 17.0 Å². The third-order valence-corrected chi connectivity index (χ3v) is 4.52. The summed E-state index contributed by atoms with van der Waals surface area (Å²) in [7, 11) is 0. The lowest BCUT2D eigenvalue weighted by atomic mass is 10.1. The van der Waals surface area contributed by atoms with Crippen LogP contribution in [-0.4, -0.2) is 43.7 Å². The first kappa shape index (κ1) is 18.9. The lowest BCUT2D eigenvalue weighted by molar-refractivity contribution is -0.117. The van der Waals surface area contributed by atoms with Crippen LogP contribution >= 0.6 is 0 Å². The number of amides is 1. The molecule has 0 radical (unpaired) electrons. The maximum absolute atomic E-state index is 12.3. The first-order chi connectivity index (χ1) is 13.2. The number of anilines is 1. The number of carbonyl (C=O) groups excluding carboxylic acids is 1. The number of hydrogen-bond acceptors (Lipinski definition) is 5. The summed E-state index contributed by atoms with van der Waals surface area (Å²) in [6.07, 6.45) is 3.52. The second-order valence-electron chi connectivity index (χ2n) is 6.47. The fourth-order valence-electron chi connectivity index (χ4n) is 3.03. The highest BCUT2D eigenvalue weighted by Crippen LogP contribution is 2.26. The molecule has 1 aliphatic rings. The van der Waals surface area contributed by atoms with Gasteiger partial charge in [0.15, 0.2) is 0 Å². The molecule has 1 aliphatic heterocycles. The van der Waals surface area contributed by atoms with Gasteiger partial charge in [0.05, 0.1) is 18.7 Å². The Balaban J connectivity index is 1.99. The Kier molecular flexibility index (Phi) is 6.39. The Morgan fingerprint density at radius 2 is 2.15 bits per heavy atom. The summed E-state index contributed by atoms with van der Waals surface area (Å²) in [6, 6.07) is 11.9. The Bertz CT molecular complexity index is 879. The molecule has 1 saturated heterocycles. The van der Waals surface area contributed by atoms with Crippen LogP contribution in [0.5, 0.6) is 0 Å². The van der Waals surface area contributed by atoms with Gasteiger partial charge in [0.2, 0.25) is 0 Å². The standard InChI is InChI=1S/C21H24N4O2/c1-2-3-8-23-21(26)18(15-22)14-17-13-16-6-4-5-7-19(16)24-20(17)25-9-11-27-12-10-25/h4-7,13-14H,2-3,8-12H2,1H3,(H,23,26)/b18-14+. The number of nitriles is 1. The molecule has 0 aliphatic carbocycles. The molecule has 0 saturated carbocycles. The molecule has 0 atom stereocenters. The number of morpholine rings is 1. The van der Waals surface area contributed by atoms with E-state index in [0.717, 1.165) is 48.2 Å². The zero-order valence-corrected chi connectivity index (χ0v) is 15.6. The van der Waals surface area contributed by atoms with Crippen molar-refractivity contribution in [1.82, 2.24) is 10.3 Å². The molecule has 1 fully saturated rings. The lowest BCUT2D eigenvalue weighted by Gasteiger charge is -2.29. The van der Waals surface area contributed by atoms with E-state index in [1.807, 2.05) is 36.4 Å². The van der Waals surface area contributed by atoms with E-state index in [-0.39, 0.29) is 11.5 Å². The Labute approximate surface area is 159 Å². The van der Waals surface area contributed by atoms with Crippen LogP contribution in [0.15, 0.2) is 35.9 Å². The van der Waals surface area contributed by atoms with Crippen LogP contribution in [0.4, 0.5) is 5.82 Å². The maximum Gasteiger partial charge on any atom is 0.261 e. The van der Waals surface area contributed by atoms with Gasteiger partial charge < -0.3 is 15.0 Å². The third-order valence-electron chi connectivity index (χ3n) is 4.52. The molecule has 0 spiro atoms. The Morgan fingerprint density at radius 3 is 2.89 bits per heavy atom. The molecule has 1 N–H and O–H groups in total. The number of unbranched alkanes of at least 4 members (excludes halogenated alkanes) is 1. The number of aromatic nitrogens is 1. The maximum atomic E-state index is 12.3. The van der Waals surface area contributed by atoms with Gasteiger partial charge >= 0.3 is 0 Å². The van der Waals surface area contributed by atoms with Crippen LogP contribution in [0.2, 0.25) is 0 Å². The third kappa shape index (κ3) is 4.63. The van der Waals surface area contributed by atoms with Gasteiger partial charge in [-0.3, -0.25) is 4.79 Å². The lowest BCUT2D eigenvalue weighted by Crippen LogP contribution is -2.37. The van der Waals surface area contributed by atoms with Crippen LogP contribution in [0.3, 0.4) is 0 Å². The van der Waals surface area contributed by atoms with Crippen molar-refractivity contribution in [2.45, 2.75) is 19.8 Å². The van der Waals surface area contributed by atoms with Crippen molar-refractivity contribution in [3.05, 3.63) is 41.5 Å². The van der Waals surface area contributed by atoms with Gasteiger partial charge in [-0.15, -0.1) is 0 Å². The highest BCUT2D eigenvalue weighted by atomic mass is 16.5. The summed E-state index contributed by atoms with van der Waals surface area (Å²) in [5.74, 6) is 0.443. The van der Waals surface area contributed by atoms with Gasteiger partial charge in [0.1, 0.15) is 17.5 Å². The fraction of sp³-hybridized carbons (Fsp3) is 0.381. The first-order valence-corrected chi connectivity index (χ1v) is 9.35. The number of para-hydroxylation sites is 1. The van der Waals surface area contributed by atoms with E-state index in [1.165, 1.54) is 0 Å². The zero-order chi connectivity index (χ0) is 19.1. The summed E-state index contributed by atoms with van der Waals surface area (Å²) in [4.78, 5) is 19.3. The number of ether oxygens (including phenoxy) is 1. The number of carbonyl (C=O) groups is 1. The molecule has 140 valence electrons. The second-order valence-corrected chi connectivity index (χ2v) is 6.47. The van der Waals surface area contributed by atoms with Crippen molar-refractivity contribution in [2.75, 3.05) is 37.7 Å². The average molecular weight is 364 g/mol. The van der Waals surface area contributed by atoms with E-state index in [0.29, 0.717) is 19.8 Å². The number of nitrogens with zero attached hydrogens (tertiary/aromatic N) is 3. The van der Waals surface area contributed by atoms with Crippen molar-refractivity contribution < 1.29 is 9.53 Å². The predicted octanol–water partition coefficient (Wildman–Crippen LogP) is 2.89. The minimum absolute atomic E-state index is 0.0951. The minimum Gasteiger partial charge on any atom is -0.378 e. The van der Waals surface area contributed by atoms with Gasteiger partial charge in [-0.25, -0.2) is 4.98 Å².